The van der Waals surface area contributed by atoms with Gasteiger partial charge in [0, 0.05) is 19.1 Å². The number of piperidine rings is 1. The van der Waals surface area contributed by atoms with Crippen LogP contribution in [0.15, 0.2) is 0 Å². The van der Waals surface area contributed by atoms with Gasteiger partial charge >= 0.3 is 18.1 Å². The largest absolute Gasteiger partial charge is 0.481 e. The minimum atomic E-state index is -4.93. The van der Waals surface area contributed by atoms with Crippen molar-refractivity contribution in [3.05, 3.63) is 0 Å². The Morgan fingerprint density at radius 3 is 2.44 bits per heavy atom. The van der Waals surface area contributed by atoms with Crippen LogP contribution in [-0.4, -0.2) is 42.3 Å². The van der Waals surface area contributed by atoms with Gasteiger partial charge in [-0.1, -0.05) is 0 Å². The summed E-state index contributed by atoms with van der Waals surface area (Å²) in [5, 5.41) is 13.1. The first-order valence-electron chi connectivity index (χ1n) is 4.62. The molecule has 1 rings (SSSR count). The maximum Gasteiger partial charge on any atom is 0.471 e. The minimum Gasteiger partial charge on any atom is -0.481 e. The van der Waals surface area contributed by atoms with E-state index in [1.54, 1.807) is 5.32 Å². The van der Waals surface area contributed by atoms with Crippen LogP contribution in [0, 0.1) is 5.92 Å². The lowest BCUT2D eigenvalue weighted by Gasteiger charge is -2.28. The van der Waals surface area contributed by atoms with E-state index in [4.69, 9.17) is 5.11 Å². The zero-order chi connectivity index (χ0) is 12.3. The Balaban J connectivity index is 2.49. The van der Waals surface area contributed by atoms with E-state index in [2.05, 4.69) is 5.32 Å². The first kappa shape index (κ1) is 12.8. The SMILES string of the molecule is O=C(O)C1CNCC(NC(=O)C(F)(F)F)C1. The van der Waals surface area contributed by atoms with E-state index in [9.17, 15) is 22.8 Å². The maximum absolute atomic E-state index is 11.9. The van der Waals surface area contributed by atoms with Crippen molar-refractivity contribution in [1.82, 2.24) is 10.6 Å². The molecule has 0 aromatic heterocycles. The van der Waals surface area contributed by atoms with Gasteiger partial charge in [-0.3, -0.25) is 9.59 Å². The van der Waals surface area contributed by atoms with E-state index >= 15 is 0 Å². The number of carbonyl (C=O) groups excluding carboxylic acids is 1. The lowest BCUT2D eigenvalue weighted by atomic mass is 9.96. The van der Waals surface area contributed by atoms with Gasteiger partial charge in [-0.15, -0.1) is 0 Å². The fourth-order valence-electron chi connectivity index (χ4n) is 1.51. The number of amides is 1. The first-order chi connectivity index (χ1) is 7.30. The molecule has 0 aromatic rings. The topological polar surface area (TPSA) is 78.4 Å². The summed E-state index contributed by atoms with van der Waals surface area (Å²) in [7, 11) is 0. The van der Waals surface area contributed by atoms with Crippen LogP contribution in [0.2, 0.25) is 0 Å². The molecule has 1 aliphatic heterocycles. The smallest absolute Gasteiger partial charge is 0.471 e. The van der Waals surface area contributed by atoms with E-state index in [1.807, 2.05) is 0 Å². The second-order valence-electron chi connectivity index (χ2n) is 3.60. The van der Waals surface area contributed by atoms with Crippen LogP contribution >= 0.6 is 0 Å². The number of halogens is 3. The van der Waals surface area contributed by atoms with Crippen LogP contribution in [0.1, 0.15) is 6.42 Å². The number of alkyl halides is 3. The van der Waals surface area contributed by atoms with E-state index in [-0.39, 0.29) is 19.5 Å². The molecule has 2 atom stereocenters. The van der Waals surface area contributed by atoms with Gasteiger partial charge in [0.25, 0.3) is 0 Å². The van der Waals surface area contributed by atoms with Crippen molar-refractivity contribution in [3.8, 4) is 0 Å². The van der Waals surface area contributed by atoms with Gasteiger partial charge in [0.05, 0.1) is 5.92 Å². The van der Waals surface area contributed by atoms with Crippen molar-refractivity contribution in [3.63, 3.8) is 0 Å². The van der Waals surface area contributed by atoms with Crippen molar-refractivity contribution in [1.29, 1.82) is 0 Å². The number of nitrogens with one attached hydrogen (secondary N) is 2. The highest BCUT2D eigenvalue weighted by atomic mass is 19.4. The van der Waals surface area contributed by atoms with Crippen LogP contribution in [-0.2, 0) is 9.59 Å². The number of aliphatic carboxylic acids is 1. The Morgan fingerprint density at radius 2 is 1.94 bits per heavy atom. The molecule has 0 aromatic carbocycles. The molecule has 0 aliphatic carbocycles. The number of carboxylic acid groups (broad SMARTS) is 1. The van der Waals surface area contributed by atoms with Crippen molar-refractivity contribution in [2.75, 3.05) is 13.1 Å². The Labute approximate surface area is 89.0 Å². The Morgan fingerprint density at radius 1 is 1.31 bits per heavy atom. The number of rotatable bonds is 2. The fraction of sp³-hybridized carbons (Fsp3) is 0.750. The lowest BCUT2D eigenvalue weighted by Crippen LogP contribution is -2.53. The zero-order valence-corrected chi connectivity index (χ0v) is 8.17. The lowest BCUT2D eigenvalue weighted by molar-refractivity contribution is -0.174. The Kier molecular flexibility index (Phi) is 3.74. The van der Waals surface area contributed by atoms with E-state index in [0.29, 0.717) is 0 Å². The summed E-state index contributed by atoms with van der Waals surface area (Å²) < 4.78 is 35.7. The standard InChI is InChI=1S/C8H11F3N2O3/c9-8(10,11)7(16)13-5-1-4(6(14)15)2-12-3-5/h4-5,12H,1-3H2,(H,13,16)(H,14,15). The summed E-state index contributed by atoms with van der Waals surface area (Å²) in [6, 6.07) is -0.802. The predicted octanol–water partition coefficient (Wildman–Crippen LogP) is -0.272. The molecule has 0 spiro atoms. The van der Waals surface area contributed by atoms with Gasteiger partial charge in [0.1, 0.15) is 0 Å². The third-order valence-electron chi connectivity index (χ3n) is 2.29. The number of hydrogen-bond donors (Lipinski definition) is 3. The summed E-state index contributed by atoms with van der Waals surface area (Å²) >= 11 is 0. The van der Waals surface area contributed by atoms with Crippen LogP contribution < -0.4 is 10.6 Å². The summed E-state index contributed by atoms with van der Waals surface area (Å²) in [4.78, 5) is 21.2. The van der Waals surface area contributed by atoms with Gasteiger partial charge in [-0.2, -0.15) is 13.2 Å². The van der Waals surface area contributed by atoms with Gasteiger partial charge in [-0.25, -0.2) is 0 Å². The summed E-state index contributed by atoms with van der Waals surface area (Å²) in [5.41, 5.74) is 0. The van der Waals surface area contributed by atoms with Gasteiger partial charge in [-0.05, 0) is 6.42 Å². The van der Waals surface area contributed by atoms with Crippen molar-refractivity contribution >= 4 is 11.9 Å². The van der Waals surface area contributed by atoms with Crippen molar-refractivity contribution < 1.29 is 27.9 Å². The molecular weight excluding hydrogens is 229 g/mol. The molecule has 1 saturated heterocycles. The van der Waals surface area contributed by atoms with Crippen molar-refractivity contribution in [2.24, 2.45) is 5.92 Å². The average Bonchev–Trinajstić information content (AvgIpc) is 2.16. The third kappa shape index (κ3) is 3.37. The molecule has 1 fully saturated rings. The fourth-order valence-corrected chi connectivity index (χ4v) is 1.51. The van der Waals surface area contributed by atoms with Gasteiger partial charge in [0.15, 0.2) is 0 Å². The zero-order valence-electron chi connectivity index (χ0n) is 8.17. The second-order valence-corrected chi connectivity index (χ2v) is 3.60. The quantitative estimate of drug-likeness (QED) is 0.620. The van der Waals surface area contributed by atoms with Crippen LogP contribution in [0.3, 0.4) is 0 Å². The molecule has 3 N–H and O–H groups in total. The molecule has 1 amide bonds. The Hall–Kier alpha value is -1.31. The first-order valence-corrected chi connectivity index (χ1v) is 4.62. The summed E-state index contributed by atoms with van der Waals surface area (Å²) in [6.07, 6.45) is -4.93. The summed E-state index contributed by atoms with van der Waals surface area (Å²) in [5.74, 6) is -3.89. The highest BCUT2D eigenvalue weighted by Crippen LogP contribution is 2.17. The summed E-state index contributed by atoms with van der Waals surface area (Å²) in [6.45, 7) is 0.347. The van der Waals surface area contributed by atoms with Crippen LogP contribution in [0.5, 0.6) is 0 Å². The predicted molar refractivity (Wildman–Crippen MR) is 46.6 cm³/mol. The highest BCUT2D eigenvalue weighted by molar-refractivity contribution is 5.82. The molecule has 0 radical (unpaired) electrons. The third-order valence-corrected chi connectivity index (χ3v) is 2.29. The number of hydrogen-bond acceptors (Lipinski definition) is 3. The van der Waals surface area contributed by atoms with Crippen LogP contribution in [0.25, 0.3) is 0 Å². The normalized spacial score (nSPS) is 26.2. The van der Waals surface area contributed by atoms with E-state index in [1.165, 1.54) is 0 Å². The Bertz CT molecular complexity index is 293. The molecule has 0 saturated carbocycles. The molecule has 1 heterocycles. The highest BCUT2D eigenvalue weighted by Gasteiger charge is 2.40. The van der Waals surface area contributed by atoms with E-state index < -0.39 is 30.0 Å². The molecule has 2 unspecified atom stereocenters. The average molecular weight is 240 g/mol. The van der Waals surface area contributed by atoms with E-state index in [0.717, 1.165) is 0 Å². The molecule has 5 nitrogen and oxygen atoms in total. The second kappa shape index (κ2) is 4.69. The molecule has 0 bridgehead atoms. The number of carboxylic acids is 1. The van der Waals surface area contributed by atoms with Gasteiger partial charge < -0.3 is 15.7 Å². The molecule has 8 heteroatoms. The number of carbonyl (C=O) groups is 2. The molecule has 16 heavy (non-hydrogen) atoms. The molecule has 92 valence electrons. The monoisotopic (exact) mass is 240 g/mol. The van der Waals surface area contributed by atoms with Crippen molar-refractivity contribution in [2.45, 2.75) is 18.6 Å². The van der Waals surface area contributed by atoms with Crippen LogP contribution in [0.4, 0.5) is 13.2 Å². The molecule has 1 aliphatic rings. The van der Waals surface area contributed by atoms with Gasteiger partial charge in [0.2, 0.25) is 0 Å². The maximum atomic E-state index is 11.9. The minimum absolute atomic E-state index is 0.00412. The molecular formula is C8H11F3N2O3.